The Balaban J connectivity index is 0.00000161. The molecule has 0 saturated carbocycles. The SMILES string of the molecule is Brc1cccc(-c2noc(CN3CCCNCC3)n2)c1.Cl. The molecule has 0 aliphatic carbocycles. The molecule has 0 spiro atoms. The van der Waals surface area contributed by atoms with Crippen molar-refractivity contribution < 1.29 is 4.52 Å². The van der Waals surface area contributed by atoms with Gasteiger partial charge in [0.1, 0.15) is 0 Å². The Morgan fingerprint density at radius 3 is 3.05 bits per heavy atom. The summed E-state index contributed by atoms with van der Waals surface area (Å²) in [6.07, 6.45) is 1.16. The van der Waals surface area contributed by atoms with E-state index in [9.17, 15) is 0 Å². The molecule has 1 aliphatic rings. The van der Waals surface area contributed by atoms with Crippen LogP contribution in [-0.2, 0) is 6.54 Å². The Morgan fingerprint density at radius 2 is 2.19 bits per heavy atom. The molecule has 21 heavy (non-hydrogen) atoms. The monoisotopic (exact) mass is 372 g/mol. The molecule has 1 aliphatic heterocycles. The van der Waals surface area contributed by atoms with E-state index in [0.29, 0.717) is 11.7 Å². The molecule has 2 heterocycles. The highest BCUT2D eigenvalue weighted by Gasteiger charge is 2.14. The van der Waals surface area contributed by atoms with Crippen LogP contribution in [0.25, 0.3) is 11.4 Å². The molecule has 0 atom stereocenters. The van der Waals surface area contributed by atoms with Crippen LogP contribution in [0.4, 0.5) is 0 Å². The van der Waals surface area contributed by atoms with Gasteiger partial charge in [0.05, 0.1) is 6.54 Å². The summed E-state index contributed by atoms with van der Waals surface area (Å²) in [4.78, 5) is 6.83. The fraction of sp³-hybridized carbons (Fsp3) is 0.429. The van der Waals surface area contributed by atoms with E-state index in [0.717, 1.165) is 49.2 Å². The summed E-state index contributed by atoms with van der Waals surface area (Å²) in [5, 5.41) is 7.45. The molecule has 1 N–H and O–H groups in total. The van der Waals surface area contributed by atoms with E-state index in [1.807, 2.05) is 24.3 Å². The highest BCUT2D eigenvalue weighted by molar-refractivity contribution is 9.10. The summed E-state index contributed by atoms with van der Waals surface area (Å²) in [5.41, 5.74) is 0.965. The number of rotatable bonds is 3. The van der Waals surface area contributed by atoms with Crippen molar-refractivity contribution in [1.29, 1.82) is 0 Å². The van der Waals surface area contributed by atoms with Crippen LogP contribution >= 0.6 is 28.3 Å². The summed E-state index contributed by atoms with van der Waals surface area (Å²) in [5.74, 6) is 1.33. The number of nitrogens with zero attached hydrogens (tertiary/aromatic N) is 3. The van der Waals surface area contributed by atoms with Crippen LogP contribution in [0.5, 0.6) is 0 Å². The van der Waals surface area contributed by atoms with Crippen molar-refractivity contribution in [2.75, 3.05) is 26.2 Å². The molecule has 0 amide bonds. The number of benzene rings is 1. The van der Waals surface area contributed by atoms with Gasteiger partial charge in [-0.2, -0.15) is 4.98 Å². The molecular weight excluding hydrogens is 356 g/mol. The van der Waals surface area contributed by atoms with E-state index in [2.05, 4.69) is 36.3 Å². The number of halogens is 2. The molecule has 0 bridgehead atoms. The fourth-order valence-corrected chi connectivity index (χ4v) is 2.71. The maximum Gasteiger partial charge on any atom is 0.241 e. The van der Waals surface area contributed by atoms with Gasteiger partial charge >= 0.3 is 0 Å². The second-order valence-corrected chi connectivity index (χ2v) is 5.82. The zero-order chi connectivity index (χ0) is 13.8. The van der Waals surface area contributed by atoms with Gasteiger partial charge in [0.2, 0.25) is 11.7 Å². The van der Waals surface area contributed by atoms with Crippen molar-refractivity contribution in [3.05, 3.63) is 34.6 Å². The average molecular weight is 374 g/mol. The van der Waals surface area contributed by atoms with Gasteiger partial charge in [0.15, 0.2) is 0 Å². The molecule has 1 aromatic heterocycles. The minimum atomic E-state index is 0. The molecule has 5 nitrogen and oxygen atoms in total. The Bertz CT molecular complexity index is 570. The van der Waals surface area contributed by atoms with Gasteiger partial charge in [-0.1, -0.05) is 33.2 Å². The Labute approximate surface area is 138 Å². The lowest BCUT2D eigenvalue weighted by Crippen LogP contribution is -2.27. The van der Waals surface area contributed by atoms with E-state index in [-0.39, 0.29) is 12.4 Å². The molecule has 0 unspecified atom stereocenters. The Morgan fingerprint density at radius 1 is 1.29 bits per heavy atom. The summed E-state index contributed by atoms with van der Waals surface area (Å²) in [7, 11) is 0. The van der Waals surface area contributed by atoms with E-state index < -0.39 is 0 Å². The third-order valence-corrected chi connectivity index (χ3v) is 3.84. The third kappa shape index (κ3) is 4.51. The molecule has 114 valence electrons. The van der Waals surface area contributed by atoms with Gasteiger partial charge < -0.3 is 9.84 Å². The molecule has 1 aromatic carbocycles. The first kappa shape index (κ1) is 16.4. The fourth-order valence-electron chi connectivity index (χ4n) is 2.31. The summed E-state index contributed by atoms with van der Waals surface area (Å²) in [6, 6.07) is 7.92. The van der Waals surface area contributed by atoms with Crippen molar-refractivity contribution in [2.45, 2.75) is 13.0 Å². The van der Waals surface area contributed by atoms with Crippen LogP contribution in [0.1, 0.15) is 12.3 Å². The van der Waals surface area contributed by atoms with Gasteiger partial charge in [-0.05, 0) is 31.6 Å². The van der Waals surface area contributed by atoms with Crippen molar-refractivity contribution in [3.8, 4) is 11.4 Å². The lowest BCUT2D eigenvalue weighted by atomic mass is 10.2. The van der Waals surface area contributed by atoms with E-state index >= 15 is 0 Å². The normalized spacial score (nSPS) is 16.2. The summed E-state index contributed by atoms with van der Waals surface area (Å²) < 4.78 is 6.38. The van der Waals surface area contributed by atoms with Crippen LogP contribution in [0.3, 0.4) is 0 Å². The topological polar surface area (TPSA) is 54.2 Å². The Kier molecular flexibility index (Phi) is 6.17. The highest BCUT2D eigenvalue weighted by Crippen LogP contribution is 2.20. The lowest BCUT2D eigenvalue weighted by molar-refractivity contribution is 0.239. The quantitative estimate of drug-likeness (QED) is 0.896. The van der Waals surface area contributed by atoms with Gasteiger partial charge in [0, 0.05) is 23.1 Å². The number of hydrogen-bond acceptors (Lipinski definition) is 5. The number of aromatic nitrogens is 2. The van der Waals surface area contributed by atoms with Crippen LogP contribution in [0, 0.1) is 0 Å². The molecule has 7 heteroatoms. The van der Waals surface area contributed by atoms with Gasteiger partial charge in [-0.15, -0.1) is 12.4 Å². The van der Waals surface area contributed by atoms with E-state index in [1.165, 1.54) is 0 Å². The zero-order valence-corrected chi connectivity index (χ0v) is 14.0. The smallest absolute Gasteiger partial charge is 0.241 e. The largest absolute Gasteiger partial charge is 0.338 e. The van der Waals surface area contributed by atoms with Gasteiger partial charge in [0.25, 0.3) is 0 Å². The zero-order valence-electron chi connectivity index (χ0n) is 11.6. The van der Waals surface area contributed by atoms with Crippen LogP contribution < -0.4 is 5.32 Å². The second-order valence-electron chi connectivity index (χ2n) is 4.90. The van der Waals surface area contributed by atoms with Crippen molar-refractivity contribution in [2.24, 2.45) is 0 Å². The first-order chi connectivity index (χ1) is 9.81. The van der Waals surface area contributed by atoms with Gasteiger partial charge in [-0.25, -0.2) is 0 Å². The summed E-state index contributed by atoms with van der Waals surface area (Å²) in [6.45, 7) is 4.93. The maximum absolute atomic E-state index is 5.36. The first-order valence-electron chi connectivity index (χ1n) is 6.83. The van der Waals surface area contributed by atoms with E-state index in [1.54, 1.807) is 0 Å². The van der Waals surface area contributed by atoms with Crippen molar-refractivity contribution >= 4 is 28.3 Å². The van der Waals surface area contributed by atoms with Crippen molar-refractivity contribution in [1.82, 2.24) is 20.4 Å². The van der Waals surface area contributed by atoms with Crippen LogP contribution in [-0.4, -0.2) is 41.2 Å². The predicted molar refractivity (Wildman–Crippen MR) is 87.4 cm³/mol. The predicted octanol–water partition coefficient (Wildman–Crippen LogP) is 2.72. The molecule has 2 aromatic rings. The van der Waals surface area contributed by atoms with Crippen LogP contribution in [0.2, 0.25) is 0 Å². The summed E-state index contributed by atoms with van der Waals surface area (Å²) >= 11 is 3.45. The molecular formula is C14H18BrClN4O. The number of nitrogens with one attached hydrogen (secondary N) is 1. The molecule has 1 saturated heterocycles. The lowest BCUT2D eigenvalue weighted by Gasteiger charge is -2.16. The Hall–Kier alpha value is -0.950. The standard InChI is InChI=1S/C14H17BrN4O.ClH/c15-12-4-1-3-11(9-12)14-17-13(20-18-14)10-19-7-2-5-16-6-8-19;/h1,3-4,9,16H,2,5-8,10H2;1H. The van der Waals surface area contributed by atoms with Crippen LogP contribution in [0.15, 0.2) is 33.3 Å². The maximum atomic E-state index is 5.36. The highest BCUT2D eigenvalue weighted by atomic mass is 79.9. The second kappa shape index (κ2) is 7.89. The average Bonchev–Trinajstić information content (AvgIpc) is 2.75. The molecule has 1 fully saturated rings. The minimum Gasteiger partial charge on any atom is -0.338 e. The van der Waals surface area contributed by atoms with E-state index in [4.69, 9.17) is 4.52 Å². The molecule has 3 rings (SSSR count). The minimum absolute atomic E-state index is 0. The number of hydrogen-bond donors (Lipinski definition) is 1. The van der Waals surface area contributed by atoms with Crippen molar-refractivity contribution in [3.63, 3.8) is 0 Å². The third-order valence-electron chi connectivity index (χ3n) is 3.34. The van der Waals surface area contributed by atoms with Gasteiger partial charge in [-0.3, -0.25) is 4.90 Å². The first-order valence-corrected chi connectivity index (χ1v) is 7.62. The molecule has 0 radical (unpaired) electrons.